The molecule has 5 nitrogen and oxygen atoms in total. The zero-order chi connectivity index (χ0) is 86.7. The second kappa shape index (κ2) is 36.6. The lowest BCUT2D eigenvalue weighted by Crippen LogP contribution is -2.38. The number of benzene rings is 5. The molecular weight excluding hydrogens is 1280 g/mol. The van der Waals surface area contributed by atoms with Crippen LogP contribution in [0.1, 0.15) is 272 Å². The van der Waals surface area contributed by atoms with E-state index in [1.807, 2.05) is 94.2 Å². The fraction of sp³-hybridized carbons (Fsp3) is 0.455. The monoisotopic (exact) mass is 1430 g/mol. The van der Waals surface area contributed by atoms with Gasteiger partial charge in [0.05, 0.1) is 0 Å². The third-order valence-corrected chi connectivity index (χ3v) is 24.5. The Morgan fingerprint density at radius 1 is 0.255 bits per heavy atom. The van der Waals surface area contributed by atoms with Gasteiger partial charge >= 0.3 is 0 Å². The predicted octanol–water partition coefficient (Wildman–Crippen LogP) is 24.6. The lowest BCUT2D eigenvalue weighted by Gasteiger charge is -2.36. The van der Waals surface area contributed by atoms with Crippen molar-refractivity contribution < 1.29 is 35.2 Å². The van der Waals surface area contributed by atoms with E-state index in [0.717, 1.165) is 107 Å². The molecule has 0 unspecified atom stereocenters. The molecule has 10 rings (SSSR count). The molecule has 5 heteroatoms. The van der Waals surface area contributed by atoms with Gasteiger partial charge in [0.15, 0.2) is 31.0 Å². The van der Waals surface area contributed by atoms with Crippen molar-refractivity contribution in [2.75, 3.05) is 0 Å². The lowest BCUT2D eigenvalue weighted by atomic mass is 9.68. The molecule has 106 heavy (non-hydrogen) atoms. The Bertz CT molecular complexity index is 4960. The van der Waals surface area contributed by atoms with Crippen LogP contribution in [-0.2, 0) is 67.7 Å². The normalized spacial score (nSPS) is 13.5. The summed E-state index contributed by atoms with van der Waals surface area (Å²) in [6.45, 7) is 46.9. The Hall–Kier alpha value is -8.15. The summed E-state index contributed by atoms with van der Waals surface area (Å²) in [5.41, 5.74) is 28.5. The van der Waals surface area contributed by atoms with Crippen LogP contribution >= 0.6 is 0 Å². The summed E-state index contributed by atoms with van der Waals surface area (Å²) in [6, 6.07) is 51.8. The number of pyridine rings is 5. The highest BCUT2D eigenvalue weighted by Crippen LogP contribution is 2.43. The van der Waals surface area contributed by atoms with Gasteiger partial charge in [0.2, 0.25) is 28.5 Å². The van der Waals surface area contributed by atoms with Crippen molar-refractivity contribution in [2.45, 2.75) is 271 Å². The molecule has 0 bridgehead atoms. The summed E-state index contributed by atoms with van der Waals surface area (Å²) in [5.74, 6) is 0. The first-order chi connectivity index (χ1) is 53.3. The highest BCUT2D eigenvalue weighted by atomic mass is 14.9. The van der Waals surface area contributed by atoms with Crippen molar-refractivity contribution in [3.63, 3.8) is 0 Å². The molecule has 5 heterocycles. The van der Waals surface area contributed by atoms with Crippen molar-refractivity contribution in [1.29, 1.82) is 0 Å². The van der Waals surface area contributed by atoms with E-state index in [-0.39, 0.29) is 32.5 Å². The fourth-order valence-electron chi connectivity index (χ4n) is 14.0. The molecule has 0 radical (unpaired) electrons. The van der Waals surface area contributed by atoms with E-state index in [0.29, 0.717) is 16.7 Å². The summed E-state index contributed by atoms with van der Waals surface area (Å²) in [4.78, 5) is 0. The minimum atomic E-state index is -2.12. The number of aromatic nitrogens is 5. The fourth-order valence-corrected chi connectivity index (χ4v) is 14.0. The Kier molecular flexibility index (Phi) is 25.4. The Labute approximate surface area is 660 Å². The molecule has 566 valence electrons. The molecule has 5 aromatic carbocycles. The number of hydrogen-bond donors (Lipinski definition) is 0. The van der Waals surface area contributed by atoms with E-state index < -0.39 is 20.6 Å². The third kappa shape index (κ3) is 20.8. The van der Waals surface area contributed by atoms with E-state index in [2.05, 4.69) is 295 Å². The van der Waals surface area contributed by atoms with Gasteiger partial charge in [-0.15, -0.1) is 0 Å². The van der Waals surface area contributed by atoms with E-state index in [1.165, 1.54) is 67.0 Å². The van der Waals surface area contributed by atoms with Gasteiger partial charge in [-0.25, -0.2) is 22.8 Å². The zero-order valence-corrected chi connectivity index (χ0v) is 71.2. The van der Waals surface area contributed by atoms with Crippen LogP contribution in [0.25, 0.3) is 56.3 Å². The second-order valence-corrected chi connectivity index (χ2v) is 33.4. The number of rotatable bonds is 19. The third-order valence-electron chi connectivity index (χ3n) is 24.5. The molecule has 0 saturated carbocycles. The average Bonchev–Trinajstić information content (AvgIpc) is 0.764. The maximum absolute atomic E-state index is 7.98. The second-order valence-electron chi connectivity index (χ2n) is 33.4. The zero-order valence-electron chi connectivity index (χ0n) is 80.2. The summed E-state index contributed by atoms with van der Waals surface area (Å²) >= 11 is 0. The lowest BCUT2D eigenvalue weighted by molar-refractivity contribution is -0.661. The van der Waals surface area contributed by atoms with Crippen LogP contribution in [0, 0.1) is 62.1 Å². The molecule has 0 saturated heterocycles. The molecule has 0 amide bonds. The average molecular weight is 1440 g/mol. The van der Waals surface area contributed by atoms with Gasteiger partial charge in [-0.05, 0) is 233 Å². The van der Waals surface area contributed by atoms with Gasteiger partial charge in [0.25, 0.3) is 0 Å². The van der Waals surface area contributed by atoms with Crippen molar-refractivity contribution in [1.82, 2.24) is 0 Å². The van der Waals surface area contributed by atoms with E-state index >= 15 is 0 Å². The minimum Gasteiger partial charge on any atom is -0.201 e. The van der Waals surface area contributed by atoms with Crippen LogP contribution in [0.4, 0.5) is 0 Å². The quantitative estimate of drug-likeness (QED) is 0.0719. The molecule has 0 aliphatic carbocycles. The highest BCUT2D eigenvalue weighted by molar-refractivity contribution is 5.66. The van der Waals surface area contributed by atoms with Gasteiger partial charge in [0, 0.05) is 98.3 Å². The van der Waals surface area contributed by atoms with Gasteiger partial charge in [-0.1, -0.05) is 214 Å². The molecule has 10 aromatic rings. The molecule has 0 aliphatic heterocycles. The van der Waals surface area contributed by atoms with Crippen LogP contribution in [0.2, 0.25) is 0 Å². The molecule has 0 spiro atoms. The smallest absolute Gasteiger partial charge is 0.201 e. The predicted molar refractivity (Wildman–Crippen MR) is 457 cm³/mol. The number of nitrogens with zero attached hydrogens (tertiary/aromatic N) is 5. The maximum atomic E-state index is 7.98. The molecule has 0 atom stereocenters. The molecule has 0 aliphatic rings. The first-order valence-electron chi connectivity index (χ1n) is 43.8. The SMILES string of the molecule is CCC(C)(C)c1ccc(-c2ccc(C)cc2C)[n+](C)c1.CCC(C)(C)c1ccc(-c2ccccc2C)[n+](C)c1.[2H]C([2H])([2H])c1cc(-c2ccccc2C)[n+](C)cc1C(C)(C)CC.[2H]C([2H])([2H])c1ccc(-c2cc(C(C)(CC)CC)c(C(C)(CC)CC)c[n+]2C)c(C)c1.[2H]C([2H])([2H])c1ccc(-c2ccc(C(C)(C)CC)c[n+]2C)c(C)c1. The van der Waals surface area contributed by atoms with Crippen LogP contribution < -0.4 is 22.8 Å². The van der Waals surface area contributed by atoms with Crippen LogP contribution in [-0.4, -0.2) is 0 Å². The molecule has 0 N–H and O–H groups in total. The van der Waals surface area contributed by atoms with E-state index in [9.17, 15) is 0 Å². The Morgan fingerprint density at radius 2 is 0.557 bits per heavy atom. The minimum absolute atomic E-state index is 0.108. The van der Waals surface area contributed by atoms with Crippen LogP contribution in [0.5, 0.6) is 0 Å². The van der Waals surface area contributed by atoms with E-state index in [4.69, 9.17) is 12.3 Å². The highest BCUT2D eigenvalue weighted by Gasteiger charge is 2.37. The topological polar surface area (TPSA) is 19.4 Å². The Balaban J connectivity index is 0.000000226. The van der Waals surface area contributed by atoms with Gasteiger partial charge in [-0.3, -0.25) is 0 Å². The van der Waals surface area contributed by atoms with E-state index in [1.54, 1.807) is 18.2 Å². The van der Waals surface area contributed by atoms with Gasteiger partial charge in [0.1, 0.15) is 35.2 Å². The van der Waals surface area contributed by atoms with Crippen LogP contribution in [0.15, 0.2) is 183 Å². The summed E-state index contributed by atoms with van der Waals surface area (Å²) in [6.07, 6.45) is 19.7. The largest absolute Gasteiger partial charge is 0.212 e. The summed E-state index contributed by atoms with van der Waals surface area (Å²) in [5, 5.41) is 0. The van der Waals surface area contributed by atoms with Crippen molar-refractivity contribution in [3.8, 4) is 56.3 Å². The number of hydrogen-bond acceptors (Lipinski definition) is 0. The molecule has 5 aromatic heterocycles. The van der Waals surface area contributed by atoms with Gasteiger partial charge < -0.3 is 0 Å². The summed E-state index contributed by atoms with van der Waals surface area (Å²) < 4.78 is 80.6. The molecule has 0 fully saturated rings. The number of aryl methyl sites for hydroxylation is 14. The van der Waals surface area contributed by atoms with Crippen molar-refractivity contribution in [2.24, 2.45) is 35.2 Å². The van der Waals surface area contributed by atoms with Crippen LogP contribution in [0.3, 0.4) is 0 Å². The first kappa shape index (κ1) is 73.4. The first-order valence-corrected chi connectivity index (χ1v) is 39.3. The Morgan fingerprint density at radius 3 is 0.887 bits per heavy atom. The van der Waals surface area contributed by atoms with Gasteiger partial charge in [-0.2, -0.15) is 0 Å². The standard InChI is InChI=1S/C26H40N.3C19H26N.C18H24N/c1-10-25(7,11-2)22-17-24(21-15-14-19(5)16-20(21)6)27(9)18-23(22)26(8,12-3)13-4;2*1-7-19(4,5)16-9-11-18(20(6)13-16)17-10-8-14(2)12-15(17)3;1-7-19(4,5)17-13-20(6)18(12-15(17)3)16-11-9-8-10-14(16)2;1-6-18(3,4)15-11-12-17(19(5)13-15)16-10-8-7-9-14(16)2/h14-18H,10-13H2,1-9H3;3*8-13H,7H2,1-6H3;7-13H,6H2,1-5H3/q5*+1/i5D3;2D3;;3D3;. The molecular formula is C101H142N5+5. The maximum Gasteiger partial charge on any atom is 0.212 e. The van der Waals surface area contributed by atoms with Crippen molar-refractivity contribution in [3.05, 3.63) is 266 Å². The van der Waals surface area contributed by atoms with Crippen molar-refractivity contribution >= 4 is 0 Å². The summed E-state index contributed by atoms with van der Waals surface area (Å²) in [7, 11) is 10.4.